The van der Waals surface area contributed by atoms with Crippen molar-refractivity contribution in [2.75, 3.05) is 0 Å². The third kappa shape index (κ3) is 4.90. The molecule has 0 aliphatic heterocycles. The number of oxazole rings is 1. The van der Waals surface area contributed by atoms with Gasteiger partial charge in [0.25, 0.3) is 5.89 Å². The number of aromatic nitrogens is 3. The maximum absolute atomic E-state index is 5.51. The molecule has 2 aliphatic carbocycles. The Balaban J connectivity index is 1.09. The summed E-state index contributed by atoms with van der Waals surface area (Å²) in [7, 11) is 0. The van der Waals surface area contributed by atoms with E-state index in [1.54, 1.807) is 0 Å². The second kappa shape index (κ2) is 10.1. The first-order valence-electron chi connectivity index (χ1n) is 13.5. The SMILES string of the molecule is Cc1nc(-c2nc(C3=CCC([C@H]4CCCC(N[C@H](C)c5cccc6ccccc56)C4)C=C3)no2)c(C)o1. The minimum atomic E-state index is 0.327. The van der Waals surface area contributed by atoms with Gasteiger partial charge in [-0.2, -0.15) is 4.98 Å². The Morgan fingerprint density at radius 1 is 1.03 bits per heavy atom. The van der Waals surface area contributed by atoms with E-state index in [2.05, 4.69) is 88.1 Å². The molecule has 2 aromatic carbocycles. The number of rotatable bonds is 6. The predicted molar refractivity (Wildman–Crippen MR) is 146 cm³/mol. The predicted octanol–water partition coefficient (Wildman–Crippen LogP) is 7.36. The summed E-state index contributed by atoms with van der Waals surface area (Å²) in [6, 6.07) is 16.2. The topological polar surface area (TPSA) is 77.0 Å². The van der Waals surface area contributed by atoms with Crippen LogP contribution >= 0.6 is 0 Å². The van der Waals surface area contributed by atoms with E-state index >= 15 is 0 Å². The van der Waals surface area contributed by atoms with Gasteiger partial charge in [0.2, 0.25) is 5.82 Å². The Morgan fingerprint density at radius 2 is 1.89 bits per heavy atom. The number of nitrogens with zero attached hydrogens (tertiary/aromatic N) is 3. The Kier molecular flexibility index (Phi) is 6.51. The van der Waals surface area contributed by atoms with Gasteiger partial charge in [0, 0.05) is 24.6 Å². The maximum atomic E-state index is 5.51. The number of aryl methyl sites for hydroxylation is 2. The van der Waals surface area contributed by atoms with Crippen molar-refractivity contribution in [1.29, 1.82) is 0 Å². The maximum Gasteiger partial charge on any atom is 0.280 e. The number of nitrogens with one attached hydrogen (secondary N) is 1. The molecule has 0 bridgehead atoms. The lowest BCUT2D eigenvalue weighted by atomic mass is 9.75. The quantitative estimate of drug-likeness (QED) is 0.302. The van der Waals surface area contributed by atoms with Gasteiger partial charge in [0.15, 0.2) is 11.6 Å². The fourth-order valence-electron chi connectivity index (χ4n) is 6.16. The van der Waals surface area contributed by atoms with E-state index in [4.69, 9.17) is 8.94 Å². The molecule has 1 fully saturated rings. The first-order chi connectivity index (χ1) is 18.0. The summed E-state index contributed by atoms with van der Waals surface area (Å²) < 4.78 is 11.0. The summed E-state index contributed by atoms with van der Waals surface area (Å²) in [5, 5.41) is 10.8. The van der Waals surface area contributed by atoms with Gasteiger partial charge in [-0.05, 0) is 67.7 Å². The van der Waals surface area contributed by atoms with Gasteiger partial charge < -0.3 is 14.3 Å². The van der Waals surface area contributed by atoms with Crippen molar-refractivity contribution >= 4 is 16.3 Å². The molecule has 0 saturated heterocycles. The average molecular weight is 495 g/mol. The molecule has 37 heavy (non-hydrogen) atoms. The zero-order valence-corrected chi connectivity index (χ0v) is 21.8. The van der Waals surface area contributed by atoms with E-state index in [1.165, 1.54) is 42.0 Å². The summed E-state index contributed by atoms with van der Waals surface area (Å²) in [5.41, 5.74) is 3.02. The zero-order chi connectivity index (χ0) is 25.4. The van der Waals surface area contributed by atoms with E-state index in [1.807, 2.05) is 13.8 Å². The van der Waals surface area contributed by atoms with Crippen LogP contribution in [-0.4, -0.2) is 21.2 Å². The van der Waals surface area contributed by atoms with E-state index in [0.29, 0.717) is 53.0 Å². The molecule has 4 atom stereocenters. The molecule has 0 radical (unpaired) electrons. The van der Waals surface area contributed by atoms with Gasteiger partial charge in [0.05, 0.1) is 0 Å². The highest BCUT2D eigenvalue weighted by molar-refractivity contribution is 5.86. The van der Waals surface area contributed by atoms with Gasteiger partial charge in [-0.3, -0.25) is 0 Å². The van der Waals surface area contributed by atoms with Crippen molar-refractivity contribution in [1.82, 2.24) is 20.4 Å². The lowest BCUT2D eigenvalue weighted by molar-refractivity contribution is 0.228. The Hall–Kier alpha value is -3.51. The molecule has 2 unspecified atom stereocenters. The summed E-state index contributed by atoms with van der Waals surface area (Å²) in [5.74, 6) is 3.53. The Morgan fingerprint density at radius 3 is 2.70 bits per heavy atom. The standard InChI is InChI=1S/C31H34N4O2/c1-19(27-13-7-9-23-8-4-5-12-28(23)27)32-26-11-6-10-25(18-26)22-14-16-24(17-15-22)30-34-31(37-35-30)29-20(2)36-21(3)33-29/h4-5,7-9,12-14,16-17,19,22,25-26,32H,6,10-11,15,18H2,1-3H3/t19-,22?,25+,26?/m1/s1. The van der Waals surface area contributed by atoms with Gasteiger partial charge >= 0.3 is 0 Å². The van der Waals surface area contributed by atoms with Crippen LogP contribution in [0.2, 0.25) is 0 Å². The van der Waals surface area contributed by atoms with Crippen LogP contribution in [0.15, 0.2) is 69.6 Å². The van der Waals surface area contributed by atoms with Crippen LogP contribution in [0, 0.1) is 25.7 Å². The fourth-order valence-corrected chi connectivity index (χ4v) is 6.16. The van der Waals surface area contributed by atoms with Crippen LogP contribution in [0.25, 0.3) is 27.9 Å². The average Bonchev–Trinajstić information content (AvgIpc) is 3.54. The minimum Gasteiger partial charge on any atom is -0.445 e. The smallest absolute Gasteiger partial charge is 0.280 e. The Bertz CT molecular complexity index is 1460. The third-order valence-corrected chi connectivity index (χ3v) is 8.02. The van der Waals surface area contributed by atoms with Crippen molar-refractivity contribution in [2.24, 2.45) is 11.8 Å². The zero-order valence-electron chi connectivity index (χ0n) is 21.8. The lowest BCUT2D eigenvalue weighted by Crippen LogP contribution is -2.37. The molecule has 2 aromatic heterocycles. The molecule has 2 aliphatic rings. The van der Waals surface area contributed by atoms with E-state index in [0.717, 1.165) is 12.0 Å². The molecule has 4 aromatic rings. The summed E-state index contributed by atoms with van der Waals surface area (Å²) in [4.78, 5) is 8.95. The first-order valence-corrected chi connectivity index (χ1v) is 13.5. The van der Waals surface area contributed by atoms with Gasteiger partial charge in [-0.15, -0.1) is 0 Å². The highest BCUT2D eigenvalue weighted by Gasteiger charge is 2.29. The van der Waals surface area contributed by atoms with Gasteiger partial charge in [-0.25, -0.2) is 4.98 Å². The van der Waals surface area contributed by atoms with E-state index in [-0.39, 0.29) is 0 Å². The number of benzene rings is 2. The summed E-state index contributed by atoms with van der Waals surface area (Å²) in [6.07, 6.45) is 12.8. The second-order valence-electron chi connectivity index (χ2n) is 10.6. The van der Waals surface area contributed by atoms with Gasteiger partial charge in [-0.1, -0.05) is 72.3 Å². The van der Waals surface area contributed by atoms with Crippen molar-refractivity contribution in [3.63, 3.8) is 0 Å². The molecule has 1 N–H and O–H groups in total. The molecule has 0 amide bonds. The van der Waals surface area contributed by atoms with Crippen molar-refractivity contribution in [3.05, 3.63) is 83.7 Å². The van der Waals surface area contributed by atoms with E-state index in [9.17, 15) is 0 Å². The molecular weight excluding hydrogens is 460 g/mol. The summed E-state index contributed by atoms with van der Waals surface area (Å²) >= 11 is 0. The molecule has 6 rings (SSSR count). The molecule has 2 heterocycles. The monoisotopic (exact) mass is 494 g/mol. The number of hydrogen-bond donors (Lipinski definition) is 1. The van der Waals surface area contributed by atoms with Crippen molar-refractivity contribution in [3.8, 4) is 11.6 Å². The van der Waals surface area contributed by atoms with E-state index < -0.39 is 0 Å². The molecule has 0 spiro atoms. The molecular formula is C31H34N4O2. The largest absolute Gasteiger partial charge is 0.445 e. The van der Waals surface area contributed by atoms with Crippen molar-refractivity contribution in [2.45, 2.75) is 65.0 Å². The highest BCUT2D eigenvalue weighted by atomic mass is 16.5. The first kappa shape index (κ1) is 23.9. The minimum absolute atomic E-state index is 0.327. The van der Waals surface area contributed by atoms with Crippen LogP contribution in [0.1, 0.15) is 68.1 Å². The van der Waals surface area contributed by atoms with Crippen LogP contribution in [0.4, 0.5) is 0 Å². The van der Waals surface area contributed by atoms with Gasteiger partial charge in [0.1, 0.15) is 5.76 Å². The number of fused-ring (bicyclic) bond motifs is 1. The lowest BCUT2D eigenvalue weighted by Gasteiger charge is -2.36. The highest BCUT2D eigenvalue weighted by Crippen LogP contribution is 2.37. The van der Waals surface area contributed by atoms with Crippen LogP contribution in [0.3, 0.4) is 0 Å². The molecule has 190 valence electrons. The normalized spacial score (nSPS) is 22.8. The summed E-state index contributed by atoms with van der Waals surface area (Å²) in [6.45, 7) is 5.98. The third-order valence-electron chi connectivity index (χ3n) is 8.02. The number of hydrogen-bond acceptors (Lipinski definition) is 6. The Labute approximate surface area is 217 Å². The second-order valence-corrected chi connectivity index (χ2v) is 10.6. The number of allylic oxidation sites excluding steroid dienone is 4. The molecule has 6 heteroatoms. The van der Waals surface area contributed by atoms with Crippen molar-refractivity contribution < 1.29 is 8.94 Å². The van der Waals surface area contributed by atoms with Crippen LogP contribution in [-0.2, 0) is 0 Å². The van der Waals surface area contributed by atoms with Crippen LogP contribution in [0.5, 0.6) is 0 Å². The molecule has 6 nitrogen and oxygen atoms in total. The fraction of sp³-hybridized carbons (Fsp3) is 0.387. The molecule has 1 saturated carbocycles. The van der Waals surface area contributed by atoms with Crippen LogP contribution < -0.4 is 5.32 Å².